The Balaban J connectivity index is 1.73. The van der Waals surface area contributed by atoms with E-state index in [1.807, 2.05) is 18.2 Å². The number of nitrogens with zero attached hydrogens (tertiary/aromatic N) is 2. The van der Waals surface area contributed by atoms with E-state index in [4.69, 9.17) is 14.2 Å². The molecule has 390 valence electrons. The standard InChI is InChI=1S/C59H103N3O4S2/c1-5-7-9-11-13-15-17-19-21-23-25-27-29-31-33-38-47-59(48-39-34-32-30-28-26-24-22-20-18-16-14-12-10-8-6-2)65-55(44-51-62(3)4)56(66-59)45-53-64-52-42-36-35-40-49-60-57(63)46-54-67-68-58-43-37-41-50-61-58/h13-16,19-22,37,41,43,50,55-56H,5-12,17-18,23-36,38-40,42,44-49,51-54H2,1-4H3,(H,60,63)/b15-13-,16-14-,21-19-,22-20-. The van der Waals surface area contributed by atoms with Crippen LogP contribution < -0.4 is 5.32 Å². The van der Waals surface area contributed by atoms with E-state index in [-0.39, 0.29) is 18.1 Å². The van der Waals surface area contributed by atoms with E-state index in [0.717, 1.165) is 94.7 Å². The fourth-order valence-electron chi connectivity index (χ4n) is 8.67. The van der Waals surface area contributed by atoms with Crippen LogP contribution in [-0.2, 0) is 19.0 Å². The summed E-state index contributed by atoms with van der Waals surface area (Å²) in [4.78, 5) is 18.8. The Morgan fingerprint density at radius 1 is 0.647 bits per heavy atom. The molecule has 1 saturated heterocycles. The van der Waals surface area contributed by atoms with Gasteiger partial charge in [-0.05, 0) is 140 Å². The van der Waals surface area contributed by atoms with Crippen molar-refractivity contribution in [2.75, 3.05) is 46.2 Å². The molecule has 2 atom stereocenters. The normalized spacial score (nSPS) is 16.2. The van der Waals surface area contributed by atoms with E-state index < -0.39 is 5.79 Å². The summed E-state index contributed by atoms with van der Waals surface area (Å²) in [6.07, 6.45) is 59.8. The van der Waals surface area contributed by atoms with Crippen molar-refractivity contribution in [2.45, 2.75) is 249 Å². The zero-order valence-electron chi connectivity index (χ0n) is 44.3. The molecule has 2 unspecified atom stereocenters. The molecule has 1 aliphatic heterocycles. The molecule has 1 aliphatic rings. The number of pyridine rings is 1. The van der Waals surface area contributed by atoms with E-state index >= 15 is 0 Å². The van der Waals surface area contributed by atoms with Crippen LogP contribution in [0.1, 0.15) is 226 Å². The summed E-state index contributed by atoms with van der Waals surface area (Å²) < 4.78 is 20.4. The molecular weight excluding hydrogens is 879 g/mol. The van der Waals surface area contributed by atoms with Gasteiger partial charge in [-0.2, -0.15) is 0 Å². The lowest BCUT2D eigenvalue weighted by Gasteiger charge is -2.29. The number of hydrogen-bond acceptors (Lipinski definition) is 8. The molecule has 1 aromatic rings. The number of ether oxygens (including phenoxy) is 3. The van der Waals surface area contributed by atoms with Gasteiger partial charge in [-0.15, -0.1) is 0 Å². The van der Waals surface area contributed by atoms with Gasteiger partial charge in [-0.25, -0.2) is 4.98 Å². The highest BCUT2D eigenvalue weighted by atomic mass is 33.1. The molecule has 68 heavy (non-hydrogen) atoms. The van der Waals surface area contributed by atoms with Crippen molar-refractivity contribution >= 4 is 27.5 Å². The van der Waals surface area contributed by atoms with Crippen LogP contribution in [0.5, 0.6) is 0 Å². The van der Waals surface area contributed by atoms with Crippen LogP contribution in [0.4, 0.5) is 0 Å². The monoisotopic (exact) mass is 982 g/mol. The van der Waals surface area contributed by atoms with Gasteiger partial charge in [0, 0.05) is 57.5 Å². The van der Waals surface area contributed by atoms with Gasteiger partial charge in [-0.1, -0.05) is 169 Å². The number of allylic oxidation sites excluding steroid dienone is 8. The van der Waals surface area contributed by atoms with Crippen LogP contribution in [0.15, 0.2) is 78.0 Å². The third-order valence-corrected chi connectivity index (χ3v) is 15.1. The molecule has 0 spiro atoms. The van der Waals surface area contributed by atoms with Crippen LogP contribution in [0.3, 0.4) is 0 Å². The lowest BCUT2D eigenvalue weighted by Crippen LogP contribution is -2.31. The molecule has 2 heterocycles. The zero-order valence-corrected chi connectivity index (χ0v) is 45.9. The van der Waals surface area contributed by atoms with Crippen molar-refractivity contribution in [2.24, 2.45) is 0 Å². The molecule has 0 bridgehead atoms. The summed E-state index contributed by atoms with van der Waals surface area (Å²) in [5, 5.41) is 4.07. The first kappa shape index (κ1) is 62.2. The second kappa shape index (κ2) is 46.2. The number of carbonyl (C=O) groups is 1. The average Bonchev–Trinajstić information content (AvgIpc) is 3.69. The van der Waals surface area contributed by atoms with Gasteiger partial charge in [0.15, 0.2) is 5.79 Å². The van der Waals surface area contributed by atoms with Gasteiger partial charge in [0.2, 0.25) is 5.91 Å². The van der Waals surface area contributed by atoms with Crippen molar-refractivity contribution < 1.29 is 19.0 Å². The number of hydrogen-bond donors (Lipinski definition) is 1. The molecule has 9 heteroatoms. The molecule has 0 aliphatic carbocycles. The minimum atomic E-state index is -0.459. The number of aromatic nitrogens is 1. The van der Waals surface area contributed by atoms with E-state index in [1.165, 1.54) is 141 Å². The first-order chi connectivity index (χ1) is 33.5. The van der Waals surface area contributed by atoms with Gasteiger partial charge in [0.25, 0.3) is 0 Å². The summed E-state index contributed by atoms with van der Waals surface area (Å²) in [5.41, 5.74) is 0. The lowest BCUT2D eigenvalue weighted by atomic mass is 9.98. The van der Waals surface area contributed by atoms with Gasteiger partial charge in [0.1, 0.15) is 5.03 Å². The van der Waals surface area contributed by atoms with Crippen molar-refractivity contribution in [3.63, 3.8) is 0 Å². The Labute approximate surface area is 427 Å². The van der Waals surface area contributed by atoms with E-state index in [2.05, 4.69) is 91.8 Å². The van der Waals surface area contributed by atoms with Gasteiger partial charge in [0.05, 0.1) is 12.2 Å². The zero-order chi connectivity index (χ0) is 48.7. The van der Waals surface area contributed by atoms with Crippen molar-refractivity contribution in [1.29, 1.82) is 0 Å². The molecule has 1 N–H and O–H groups in total. The second-order valence-electron chi connectivity index (χ2n) is 19.5. The van der Waals surface area contributed by atoms with Gasteiger partial charge >= 0.3 is 0 Å². The van der Waals surface area contributed by atoms with E-state index in [9.17, 15) is 4.79 Å². The maximum absolute atomic E-state index is 12.3. The number of nitrogens with one attached hydrogen (secondary N) is 1. The second-order valence-corrected chi connectivity index (χ2v) is 21.9. The van der Waals surface area contributed by atoms with Crippen LogP contribution in [-0.4, -0.2) is 79.9 Å². The van der Waals surface area contributed by atoms with E-state index in [1.54, 1.807) is 27.8 Å². The first-order valence-electron chi connectivity index (χ1n) is 28.1. The molecular formula is C59H103N3O4S2. The maximum Gasteiger partial charge on any atom is 0.220 e. The number of amides is 1. The maximum atomic E-state index is 12.3. The minimum absolute atomic E-state index is 0.0831. The Hall–Kier alpha value is -1.88. The van der Waals surface area contributed by atoms with Crippen molar-refractivity contribution in [3.8, 4) is 0 Å². The van der Waals surface area contributed by atoms with Crippen LogP contribution in [0.2, 0.25) is 0 Å². The molecule has 2 rings (SSSR count). The molecule has 7 nitrogen and oxygen atoms in total. The topological polar surface area (TPSA) is 72.9 Å². The van der Waals surface area contributed by atoms with Crippen molar-refractivity contribution in [1.82, 2.24) is 15.2 Å². The fraction of sp³-hybridized carbons (Fsp3) is 0.763. The summed E-state index contributed by atoms with van der Waals surface area (Å²) in [5.74, 6) is 0.461. The van der Waals surface area contributed by atoms with E-state index in [0.29, 0.717) is 13.0 Å². The summed E-state index contributed by atoms with van der Waals surface area (Å²) in [6.45, 7) is 7.78. The lowest BCUT2D eigenvalue weighted by molar-refractivity contribution is -0.188. The largest absolute Gasteiger partial charge is 0.381 e. The molecule has 0 aromatic carbocycles. The third kappa shape index (κ3) is 37.0. The van der Waals surface area contributed by atoms with Gasteiger partial charge in [-0.3, -0.25) is 4.79 Å². The predicted octanol–water partition coefficient (Wildman–Crippen LogP) is 17.1. The number of unbranched alkanes of at least 4 members (excludes halogenated alkanes) is 21. The average molecular weight is 983 g/mol. The summed E-state index contributed by atoms with van der Waals surface area (Å²) >= 11 is 0. The Morgan fingerprint density at radius 2 is 1.16 bits per heavy atom. The summed E-state index contributed by atoms with van der Waals surface area (Å²) in [7, 11) is 7.63. The van der Waals surface area contributed by atoms with Gasteiger partial charge < -0.3 is 24.4 Å². The SMILES string of the molecule is CCCCC/C=C\C/C=C\CCCCCCCCC1(CCCCCCCC/C=C\C/C=C\CCCCC)OC(CCOCCCCCCNC(=O)CCSSc2ccccn2)C(CCN(C)C)O1. The Kier molecular flexibility index (Phi) is 42.3. The summed E-state index contributed by atoms with van der Waals surface area (Å²) in [6, 6.07) is 5.90. The molecule has 1 fully saturated rings. The Bertz CT molecular complexity index is 1340. The number of rotatable bonds is 48. The highest BCUT2D eigenvalue weighted by molar-refractivity contribution is 8.76. The quantitative estimate of drug-likeness (QED) is 0.0393. The predicted molar refractivity (Wildman–Crippen MR) is 298 cm³/mol. The number of carbonyl (C=O) groups excluding carboxylic acids is 1. The van der Waals surface area contributed by atoms with Crippen molar-refractivity contribution in [3.05, 3.63) is 73.0 Å². The molecule has 1 amide bonds. The molecule has 0 saturated carbocycles. The molecule has 1 aromatic heterocycles. The minimum Gasteiger partial charge on any atom is -0.381 e. The smallest absolute Gasteiger partial charge is 0.220 e. The highest BCUT2D eigenvalue weighted by Crippen LogP contribution is 2.40. The molecule has 0 radical (unpaired) electrons. The highest BCUT2D eigenvalue weighted by Gasteiger charge is 2.46. The Morgan fingerprint density at radius 3 is 1.71 bits per heavy atom. The first-order valence-corrected chi connectivity index (χ1v) is 30.4. The van der Waals surface area contributed by atoms with Crippen LogP contribution in [0, 0.1) is 0 Å². The van der Waals surface area contributed by atoms with Crippen LogP contribution in [0.25, 0.3) is 0 Å². The fourth-order valence-corrected chi connectivity index (χ4v) is 10.5. The van der Waals surface area contributed by atoms with Crippen LogP contribution >= 0.6 is 21.6 Å². The third-order valence-electron chi connectivity index (χ3n) is 12.8.